The SMILES string of the molecule is C[C@@]12O[C@@H]1[C@H]1N=C(c3ccccc3)[C@H]12. The van der Waals surface area contributed by atoms with Crippen molar-refractivity contribution >= 4 is 5.71 Å². The lowest BCUT2D eigenvalue weighted by Gasteiger charge is -2.44. The topological polar surface area (TPSA) is 24.9 Å². The third-order valence-corrected chi connectivity index (χ3v) is 3.81. The van der Waals surface area contributed by atoms with Crippen LogP contribution in [0, 0.1) is 5.92 Å². The van der Waals surface area contributed by atoms with Gasteiger partial charge in [0.2, 0.25) is 0 Å². The molecule has 0 unspecified atom stereocenters. The van der Waals surface area contributed by atoms with E-state index < -0.39 is 0 Å². The van der Waals surface area contributed by atoms with Crippen molar-refractivity contribution in [2.24, 2.45) is 10.9 Å². The summed E-state index contributed by atoms with van der Waals surface area (Å²) in [6, 6.07) is 10.9. The molecule has 2 heterocycles. The van der Waals surface area contributed by atoms with Crippen LogP contribution in [0.4, 0.5) is 0 Å². The number of aliphatic imine (C=N–C) groups is 1. The van der Waals surface area contributed by atoms with E-state index in [-0.39, 0.29) is 5.60 Å². The summed E-state index contributed by atoms with van der Waals surface area (Å²) in [7, 11) is 0. The number of ether oxygens (including phenoxy) is 1. The molecule has 2 heteroatoms. The first-order chi connectivity index (χ1) is 6.81. The van der Waals surface area contributed by atoms with Crippen LogP contribution in [-0.4, -0.2) is 23.5 Å². The summed E-state index contributed by atoms with van der Waals surface area (Å²) in [5, 5.41) is 0. The van der Waals surface area contributed by atoms with E-state index in [4.69, 9.17) is 4.74 Å². The molecule has 4 atom stereocenters. The number of rotatable bonds is 1. The minimum Gasteiger partial charge on any atom is -0.363 e. The second-order valence-corrected chi connectivity index (χ2v) is 4.57. The molecule has 1 aliphatic carbocycles. The van der Waals surface area contributed by atoms with Crippen molar-refractivity contribution in [3.8, 4) is 0 Å². The van der Waals surface area contributed by atoms with Gasteiger partial charge in [-0.05, 0) is 12.5 Å². The maximum absolute atomic E-state index is 5.64. The average molecular weight is 185 g/mol. The van der Waals surface area contributed by atoms with Gasteiger partial charge in [0.05, 0.1) is 17.7 Å². The Morgan fingerprint density at radius 2 is 2.07 bits per heavy atom. The normalized spacial score (nSPS) is 46.6. The maximum Gasteiger partial charge on any atom is 0.111 e. The van der Waals surface area contributed by atoms with Crippen molar-refractivity contribution in [1.82, 2.24) is 0 Å². The summed E-state index contributed by atoms with van der Waals surface area (Å²) < 4.78 is 5.64. The Kier molecular flexibility index (Phi) is 0.993. The Hall–Kier alpha value is -1.15. The van der Waals surface area contributed by atoms with Gasteiger partial charge in [-0.1, -0.05) is 30.3 Å². The maximum atomic E-state index is 5.64. The first-order valence-electron chi connectivity index (χ1n) is 5.12. The van der Waals surface area contributed by atoms with E-state index in [0.29, 0.717) is 18.1 Å². The first-order valence-corrected chi connectivity index (χ1v) is 5.12. The van der Waals surface area contributed by atoms with E-state index >= 15 is 0 Å². The highest BCUT2D eigenvalue weighted by Gasteiger charge is 2.78. The molecule has 1 saturated heterocycles. The number of nitrogens with zero attached hydrogens (tertiary/aromatic N) is 1. The molecular formula is C12H11NO. The van der Waals surface area contributed by atoms with Gasteiger partial charge in [0.25, 0.3) is 0 Å². The van der Waals surface area contributed by atoms with Crippen LogP contribution in [-0.2, 0) is 4.74 Å². The fourth-order valence-corrected chi connectivity index (χ4v) is 2.89. The molecule has 0 spiro atoms. The van der Waals surface area contributed by atoms with E-state index in [2.05, 4.69) is 36.2 Å². The summed E-state index contributed by atoms with van der Waals surface area (Å²) >= 11 is 0. The van der Waals surface area contributed by atoms with Gasteiger partial charge in [-0.15, -0.1) is 0 Å². The number of hydrogen-bond donors (Lipinski definition) is 0. The van der Waals surface area contributed by atoms with Crippen LogP contribution >= 0.6 is 0 Å². The van der Waals surface area contributed by atoms with Gasteiger partial charge in [0, 0.05) is 0 Å². The van der Waals surface area contributed by atoms with E-state index in [1.807, 2.05) is 6.07 Å². The molecule has 0 aromatic heterocycles. The van der Waals surface area contributed by atoms with Gasteiger partial charge in [-0.3, -0.25) is 4.99 Å². The zero-order valence-electron chi connectivity index (χ0n) is 7.97. The molecule has 1 aromatic carbocycles. The Morgan fingerprint density at radius 3 is 2.79 bits per heavy atom. The van der Waals surface area contributed by atoms with Gasteiger partial charge in [-0.25, -0.2) is 0 Å². The van der Waals surface area contributed by atoms with Crippen LogP contribution in [0.1, 0.15) is 12.5 Å². The summed E-state index contributed by atoms with van der Waals surface area (Å²) in [6.07, 6.45) is 0.444. The summed E-state index contributed by atoms with van der Waals surface area (Å²) in [5.74, 6) is 0.579. The number of fused-ring (bicyclic) bond motifs is 4. The van der Waals surface area contributed by atoms with Crippen LogP contribution in [0.5, 0.6) is 0 Å². The molecule has 2 nitrogen and oxygen atoms in total. The highest BCUT2D eigenvalue weighted by Crippen LogP contribution is 2.63. The Balaban J connectivity index is 1.74. The molecule has 0 amide bonds. The Bertz CT molecular complexity index is 439. The van der Waals surface area contributed by atoms with Crippen LogP contribution < -0.4 is 0 Å². The Morgan fingerprint density at radius 1 is 1.29 bits per heavy atom. The highest BCUT2D eigenvalue weighted by atomic mass is 16.6. The Labute approximate surface area is 82.6 Å². The molecule has 2 fully saturated rings. The van der Waals surface area contributed by atoms with E-state index in [9.17, 15) is 0 Å². The number of epoxide rings is 1. The third-order valence-electron chi connectivity index (χ3n) is 3.81. The molecule has 14 heavy (non-hydrogen) atoms. The fourth-order valence-electron chi connectivity index (χ4n) is 2.89. The van der Waals surface area contributed by atoms with Crippen LogP contribution in [0.2, 0.25) is 0 Å². The standard InChI is InChI=1S/C12H11NO/c1-12-8-9(7-5-3-2-4-6-7)13-10(8)11(12)14-12/h2-6,8,10-11H,1H3/t8-,10+,11-,12+/m1/s1. The van der Waals surface area contributed by atoms with Gasteiger partial charge in [0.15, 0.2) is 0 Å². The molecule has 4 rings (SSSR count). The number of benzene rings is 1. The van der Waals surface area contributed by atoms with Crippen LogP contribution in [0.25, 0.3) is 0 Å². The van der Waals surface area contributed by atoms with Gasteiger partial charge in [0.1, 0.15) is 11.7 Å². The van der Waals surface area contributed by atoms with Crippen molar-refractivity contribution in [1.29, 1.82) is 0 Å². The monoisotopic (exact) mass is 185 g/mol. The second kappa shape index (κ2) is 1.94. The first kappa shape index (κ1) is 7.18. The largest absolute Gasteiger partial charge is 0.363 e. The quantitative estimate of drug-likeness (QED) is 0.610. The van der Waals surface area contributed by atoms with Gasteiger partial charge in [-0.2, -0.15) is 0 Å². The summed E-state index contributed by atoms with van der Waals surface area (Å²) in [4.78, 5) is 4.62. The lowest BCUT2D eigenvalue weighted by atomic mass is 9.62. The molecule has 0 radical (unpaired) electrons. The molecule has 2 aliphatic heterocycles. The van der Waals surface area contributed by atoms with Crippen molar-refractivity contribution < 1.29 is 4.74 Å². The smallest absolute Gasteiger partial charge is 0.111 e. The van der Waals surface area contributed by atoms with E-state index in [0.717, 1.165) is 0 Å². The average Bonchev–Trinajstić information content (AvgIpc) is 2.72. The highest BCUT2D eigenvalue weighted by molar-refractivity contribution is 6.08. The van der Waals surface area contributed by atoms with Crippen molar-refractivity contribution in [2.45, 2.75) is 24.7 Å². The summed E-state index contributed by atoms with van der Waals surface area (Å²) in [5.41, 5.74) is 2.67. The number of hydrogen-bond acceptors (Lipinski definition) is 2. The second-order valence-electron chi connectivity index (χ2n) is 4.57. The molecule has 3 aliphatic rings. The van der Waals surface area contributed by atoms with E-state index in [1.165, 1.54) is 11.3 Å². The zero-order chi connectivity index (χ0) is 9.34. The molecular weight excluding hydrogens is 174 g/mol. The van der Waals surface area contributed by atoms with Crippen molar-refractivity contribution in [3.05, 3.63) is 35.9 Å². The van der Waals surface area contributed by atoms with Gasteiger partial charge < -0.3 is 4.74 Å². The fraction of sp³-hybridized carbons (Fsp3) is 0.417. The zero-order valence-corrected chi connectivity index (χ0v) is 7.97. The van der Waals surface area contributed by atoms with Crippen LogP contribution in [0.15, 0.2) is 35.3 Å². The minimum absolute atomic E-state index is 0.150. The predicted molar refractivity (Wildman–Crippen MR) is 53.5 cm³/mol. The van der Waals surface area contributed by atoms with Gasteiger partial charge >= 0.3 is 0 Å². The summed E-state index contributed by atoms with van der Waals surface area (Å²) in [6.45, 7) is 2.20. The predicted octanol–water partition coefficient (Wildman–Crippen LogP) is 1.65. The van der Waals surface area contributed by atoms with Crippen molar-refractivity contribution in [3.63, 3.8) is 0 Å². The minimum atomic E-state index is 0.150. The lowest BCUT2D eigenvalue weighted by molar-refractivity contribution is 0.262. The van der Waals surface area contributed by atoms with E-state index in [1.54, 1.807) is 0 Å². The lowest BCUT2D eigenvalue weighted by Crippen LogP contribution is -2.59. The van der Waals surface area contributed by atoms with Crippen LogP contribution in [0.3, 0.4) is 0 Å². The molecule has 0 N–H and O–H groups in total. The van der Waals surface area contributed by atoms with Crippen molar-refractivity contribution in [2.75, 3.05) is 0 Å². The molecule has 1 saturated carbocycles. The molecule has 70 valence electrons. The molecule has 0 bridgehead atoms. The third kappa shape index (κ3) is 0.601. The molecule has 1 aromatic rings.